The number of unbranched alkanes of at least 4 members (excludes halogenated alkanes) is 1. The van der Waals surface area contributed by atoms with Gasteiger partial charge in [0.25, 0.3) is 5.91 Å². The van der Waals surface area contributed by atoms with Gasteiger partial charge in [0.2, 0.25) is 0 Å². The molecule has 1 aromatic carbocycles. The molecule has 0 radical (unpaired) electrons. The molecule has 0 heterocycles. The molecule has 1 N–H and O–H groups in total. The predicted molar refractivity (Wildman–Crippen MR) is 90.4 cm³/mol. The van der Waals surface area contributed by atoms with Gasteiger partial charge in [0.1, 0.15) is 11.4 Å². The predicted octanol–water partition coefficient (Wildman–Crippen LogP) is 4.40. The highest BCUT2D eigenvalue weighted by Gasteiger charge is 2.33. The Bertz CT molecular complexity index is 444. The fraction of sp³-hybridized carbons (Fsp3) is 0.611. The molecule has 0 fully saturated rings. The first-order valence-corrected chi connectivity index (χ1v) is 8.24. The number of nitrogens with one attached hydrogen (secondary N) is 1. The number of rotatable bonds is 10. The van der Waals surface area contributed by atoms with Gasteiger partial charge in [-0.15, -0.1) is 0 Å². The van der Waals surface area contributed by atoms with Gasteiger partial charge in [-0.05, 0) is 51.0 Å². The molecule has 124 valence electrons. The number of hydrogen-bond acceptors (Lipinski definition) is 3. The van der Waals surface area contributed by atoms with E-state index in [4.69, 9.17) is 9.47 Å². The van der Waals surface area contributed by atoms with Crippen molar-refractivity contribution in [1.82, 2.24) is 0 Å². The lowest BCUT2D eigenvalue weighted by atomic mass is 9.97. The van der Waals surface area contributed by atoms with Crippen molar-refractivity contribution in [2.24, 2.45) is 0 Å². The number of benzene rings is 1. The van der Waals surface area contributed by atoms with Crippen LogP contribution >= 0.6 is 0 Å². The van der Waals surface area contributed by atoms with Crippen LogP contribution in [0.1, 0.15) is 53.4 Å². The molecular weight excluding hydrogens is 278 g/mol. The first kappa shape index (κ1) is 18.5. The maximum Gasteiger partial charge on any atom is 0.256 e. The Balaban J connectivity index is 2.68. The van der Waals surface area contributed by atoms with Crippen molar-refractivity contribution < 1.29 is 14.3 Å². The molecule has 22 heavy (non-hydrogen) atoms. The summed E-state index contributed by atoms with van der Waals surface area (Å²) in [5.41, 5.74) is -0.0152. The van der Waals surface area contributed by atoms with Gasteiger partial charge in [-0.25, -0.2) is 0 Å². The van der Waals surface area contributed by atoms with Crippen molar-refractivity contribution in [2.75, 3.05) is 18.5 Å². The van der Waals surface area contributed by atoms with Crippen molar-refractivity contribution in [2.45, 2.75) is 59.0 Å². The third kappa shape index (κ3) is 5.68. The molecule has 1 amide bonds. The number of anilines is 1. The third-order valence-electron chi connectivity index (χ3n) is 3.54. The fourth-order valence-electron chi connectivity index (χ4n) is 2.20. The largest absolute Gasteiger partial charge is 0.494 e. The van der Waals surface area contributed by atoms with Crippen LogP contribution in [0.15, 0.2) is 24.3 Å². The Labute approximate surface area is 134 Å². The summed E-state index contributed by atoms with van der Waals surface area (Å²) in [6.45, 7) is 9.18. The molecule has 0 spiro atoms. The minimum Gasteiger partial charge on any atom is -0.494 e. The minimum atomic E-state index is -0.776. The highest BCUT2D eigenvalue weighted by atomic mass is 16.5. The van der Waals surface area contributed by atoms with Crippen LogP contribution in [0.3, 0.4) is 0 Å². The summed E-state index contributed by atoms with van der Waals surface area (Å²) in [5.74, 6) is 0.725. The van der Waals surface area contributed by atoms with E-state index in [0.29, 0.717) is 13.2 Å². The first-order valence-electron chi connectivity index (χ1n) is 8.24. The van der Waals surface area contributed by atoms with Crippen molar-refractivity contribution in [3.05, 3.63) is 24.3 Å². The zero-order chi connectivity index (χ0) is 16.4. The van der Waals surface area contributed by atoms with Crippen molar-refractivity contribution >= 4 is 11.6 Å². The normalized spacial score (nSPS) is 13.5. The molecule has 0 aliphatic rings. The number of carbonyl (C=O) groups is 1. The van der Waals surface area contributed by atoms with Crippen LogP contribution in [0.5, 0.6) is 5.75 Å². The molecular formula is C18H29NO3. The number of hydrogen-bond donors (Lipinski definition) is 1. The van der Waals surface area contributed by atoms with Crippen LogP contribution in [0, 0.1) is 0 Å². The fourth-order valence-corrected chi connectivity index (χ4v) is 2.20. The summed E-state index contributed by atoms with van der Waals surface area (Å²) in [6.07, 6.45) is 3.70. The van der Waals surface area contributed by atoms with Crippen LogP contribution in [0.25, 0.3) is 0 Å². The van der Waals surface area contributed by atoms with Gasteiger partial charge in [0, 0.05) is 12.3 Å². The van der Waals surface area contributed by atoms with E-state index in [-0.39, 0.29) is 5.91 Å². The van der Waals surface area contributed by atoms with Gasteiger partial charge in [0.05, 0.1) is 6.61 Å². The van der Waals surface area contributed by atoms with Gasteiger partial charge in [0.15, 0.2) is 0 Å². The second kappa shape index (κ2) is 9.46. The van der Waals surface area contributed by atoms with E-state index < -0.39 is 5.60 Å². The van der Waals surface area contributed by atoms with Crippen molar-refractivity contribution in [3.8, 4) is 5.75 Å². The SMILES string of the molecule is CCCC[C@@](C)(OCC)C(=O)Nc1ccc(OCCC)cc1. The highest BCUT2D eigenvalue weighted by molar-refractivity contribution is 5.97. The molecule has 0 unspecified atom stereocenters. The van der Waals surface area contributed by atoms with Crippen molar-refractivity contribution in [1.29, 1.82) is 0 Å². The van der Waals surface area contributed by atoms with E-state index in [0.717, 1.165) is 37.1 Å². The summed E-state index contributed by atoms with van der Waals surface area (Å²) in [5, 5.41) is 2.94. The van der Waals surface area contributed by atoms with Gasteiger partial charge in [-0.1, -0.05) is 26.7 Å². The Morgan fingerprint density at radius 2 is 1.82 bits per heavy atom. The Morgan fingerprint density at radius 3 is 2.36 bits per heavy atom. The number of ether oxygens (including phenoxy) is 2. The molecule has 4 nitrogen and oxygen atoms in total. The van der Waals surface area contributed by atoms with Crippen molar-refractivity contribution in [3.63, 3.8) is 0 Å². The number of amides is 1. The van der Waals surface area contributed by atoms with Crippen LogP contribution in [-0.4, -0.2) is 24.7 Å². The number of carbonyl (C=O) groups excluding carboxylic acids is 1. The molecule has 4 heteroatoms. The van der Waals surface area contributed by atoms with E-state index in [9.17, 15) is 4.79 Å². The van der Waals surface area contributed by atoms with Gasteiger partial charge in [-0.3, -0.25) is 4.79 Å². The van der Waals surface area contributed by atoms with Crippen LogP contribution in [0.2, 0.25) is 0 Å². The molecule has 1 atom stereocenters. The standard InChI is InChI=1S/C18H29NO3/c1-5-8-13-18(4,22-7-3)17(20)19-15-9-11-16(12-10-15)21-14-6-2/h9-12H,5-8,13-14H2,1-4H3,(H,19,20)/t18-/m1/s1. The summed E-state index contributed by atoms with van der Waals surface area (Å²) in [6, 6.07) is 7.45. The zero-order valence-corrected chi connectivity index (χ0v) is 14.3. The lowest BCUT2D eigenvalue weighted by Crippen LogP contribution is -2.42. The Morgan fingerprint density at radius 1 is 1.14 bits per heavy atom. The molecule has 0 aliphatic heterocycles. The van der Waals surface area contributed by atoms with Gasteiger partial charge in [-0.2, -0.15) is 0 Å². The second-order valence-corrected chi connectivity index (χ2v) is 5.59. The summed E-state index contributed by atoms with van der Waals surface area (Å²) in [7, 11) is 0. The molecule has 1 rings (SSSR count). The van der Waals surface area contributed by atoms with E-state index in [1.54, 1.807) is 0 Å². The minimum absolute atomic E-state index is 0.0926. The summed E-state index contributed by atoms with van der Waals surface area (Å²) < 4.78 is 11.2. The third-order valence-corrected chi connectivity index (χ3v) is 3.54. The van der Waals surface area contributed by atoms with E-state index in [1.807, 2.05) is 38.1 Å². The Kier molecular flexibility index (Phi) is 7.96. The monoisotopic (exact) mass is 307 g/mol. The second-order valence-electron chi connectivity index (χ2n) is 5.59. The maximum absolute atomic E-state index is 12.5. The molecule has 0 bridgehead atoms. The molecule has 1 aromatic rings. The van der Waals surface area contributed by atoms with Crippen LogP contribution < -0.4 is 10.1 Å². The molecule has 0 aliphatic carbocycles. The lowest BCUT2D eigenvalue weighted by molar-refractivity contribution is -0.139. The zero-order valence-electron chi connectivity index (χ0n) is 14.3. The summed E-state index contributed by atoms with van der Waals surface area (Å²) >= 11 is 0. The smallest absolute Gasteiger partial charge is 0.256 e. The first-order chi connectivity index (χ1) is 10.6. The Hall–Kier alpha value is -1.55. The maximum atomic E-state index is 12.5. The average Bonchev–Trinajstić information content (AvgIpc) is 2.52. The van der Waals surface area contributed by atoms with Gasteiger partial charge < -0.3 is 14.8 Å². The quantitative estimate of drug-likeness (QED) is 0.697. The topological polar surface area (TPSA) is 47.6 Å². The van der Waals surface area contributed by atoms with E-state index in [1.165, 1.54) is 0 Å². The van der Waals surface area contributed by atoms with E-state index >= 15 is 0 Å². The average molecular weight is 307 g/mol. The van der Waals surface area contributed by atoms with Crippen LogP contribution in [-0.2, 0) is 9.53 Å². The summed E-state index contributed by atoms with van der Waals surface area (Å²) in [4.78, 5) is 12.5. The molecule has 0 saturated heterocycles. The lowest BCUT2D eigenvalue weighted by Gasteiger charge is -2.28. The highest BCUT2D eigenvalue weighted by Crippen LogP contribution is 2.23. The van der Waals surface area contributed by atoms with Gasteiger partial charge >= 0.3 is 0 Å². The molecule has 0 saturated carbocycles. The molecule has 0 aromatic heterocycles. The van der Waals surface area contributed by atoms with E-state index in [2.05, 4.69) is 19.2 Å². The van der Waals surface area contributed by atoms with Crippen LogP contribution in [0.4, 0.5) is 5.69 Å².